The summed E-state index contributed by atoms with van der Waals surface area (Å²) in [6.07, 6.45) is -0.286. The Morgan fingerprint density at radius 2 is 1.65 bits per heavy atom. The molecule has 1 aromatic carbocycles. The van der Waals surface area contributed by atoms with Crippen molar-refractivity contribution >= 4 is 17.3 Å². The Balaban J connectivity index is 1.41. The summed E-state index contributed by atoms with van der Waals surface area (Å²) in [5.74, 6) is 0. The highest BCUT2D eigenvalue weighted by Crippen LogP contribution is 2.20. The van der Waals surface area contributed by atoms with Crippen LogP contribution in [0.5, 0.6) is 0 Å². The summed E-state index contributed by atoms with van der Waals surface area (Å²) < 4.78 is 5.34. The van der Waals surface area contributed by atoms with E-state index in [1.807, 2.05) is 18.2 Å². The second kappa shape index (κ2) is 8.31. The number of anilines is 1. The van der Waals surface area contributed by atoms with Gasteiger partial charge >= 0.3 is 0 Å². The minimum atomic E-state index is -0.286. The molecular weight excluding hydrogens is 314 g/mol. The minimum absolute atomic E-state index is 0.286. The predicted molar refractivity (Wildman–Crippen MR) is 93.4 cm³/mol. The van der Waals surface area contributed by atoms with Crippen molar-refractivity contribution in [1.82, 2.24) is 9.80 Å². The molecular formula is C17H26ClN3O2. The summed E-state index contributed by atoms with van der Waals surface area (Å²) in [5, 5.41) is 11.1. The molecule has 0 amide bonds. The second-order valence-corrected chi connectivity index (χ2v) is 6.77. The lowest BCUT2D eigenvalue weighted by atomic mass is 10.2. The molecule has 3 rings (SSSR count). The quantitative estimate of drug-likeness (QED) is 0.871. The monoisotopic (exact) mass is 339 g/mol. The van der Waals surface area contributed by atoms with Crippen molar-refractivity contribution in [3.8, 4) is 0 Å². The molecule has 2 heterocycles. The number of halogens is 1. The normalized spacial score (nSPS) is 22.3. The molecule has 0 aliphatic carbocycles. The number of hydrogen-bond donors (Lipinski definition) is 1. The third kappa shape index (κ3) is 5.06. The highest BCUT2D eigenvalue weighted by Gasteiger charge is 2.21. The van der Waals surface area contributed by atoms with Crippen molar-refractivity contribution < 1.29 is 9.84 Å². The number of β-amino-alcohol motifs (C(OH)–C–C–N with tert-alkyl or cyclic N) is 1. The van der Waals surface area contributed by atoms with Crippen molar-refractivity contribution in [2.45, 2.75) is 6.10 Å². The van der Waals surface area contributed by atoms with Gasteiger partial charge in [0.15, 0.2) is 0 Å². The molecule has 1 atom stereocenters. The third-order valence-electron chi connectivity index (χ3n) is 4.59. The zero-order chi connectivity index (χ0) is 16.1. The lowest BCUT2D eigenvalue weighted by molar-refractivity contribution is 0.00656. The molecule has 2 aliphatic heterocycles. The van der Waals surface area contributed by atoms with E-state index in [-0.39, 0.29) is 6.10 Å². The molecule has 0 spiro atoms. The largest absolute Gasteiger partial charge is 0.390 e. The first-order valence-corrected chi connectivity index (χ1v) is 8.79. The van der Waals surface area contributed by atoms with Crippen LogP contribution < -0.4 is 4.90 Å². The standard InChI is InChI=1S/C17H26ClN3O2/c18-15-2-1-3-16(12-15)21-6-4-19(5-7-21)13-17(22)14-20-8-10-23-11-9-20/h1-3,12,17,22H,4-11,13-14H2. The van der Waals surface area contributed by atoms with Crippen molar-refractivity contribution in [3.05, 3.63) is 29.3 Å². The van der Waals surface area contributed by atoms with Crippen LogP contribution in [0.2, 0.25) is 5.02 Å². The number of morpholine rings is 1. The second-order valence-electron chi connectivity index (χ2n) is 6.33. The van der Waals surface area contributed by atoms with E-state index < -0.39 is 0 Å². The molecule has 0 aromatic heterocycles. The first-order valence-electron chi connectivity index (χ1n) is 8.42. The van der Waals surface area contributed by atoms with E-state index in [0.29, 0.717) is 0 Å². The summed E-state index contributed by atoms with van der Waals surface area (Å²) >= 11 is 6.07. The van der Waals surface area contributed by atoms with E-state index in [2.05, 4.69) is 20.8 Å². The van der Waals surface area contributed by atoms with Gasteiger partial charge in [-0.1, -0.05) is 17.7 Å². The summed E-state index contributed by atoms with van der Waals surface area (Å²) in [6.45, 7) is 8.84. The van der Waals surface area contributed by atoms with Crippen LogP contribution in [-0.2, 0) is 4.74 Å². The van der Waals surface area contributed by atoms with Crippen molar-refractivity contribution in [2.24, 2.45) is 0 Å². The van der Waals surface area contributed by atoms with Gasteiger partial charge in [-0.15, -0.1) is 0 Å². The fourth-order valence-corrected chi connectivity index (χ4v) is 3.48. The Morgan fingerprint density at radius 3 is 2.30 bits per heavy atom. The Kier molecular flexibility index (Phi) is 6.14. The Labute approximate surface area is 143 Å². The van der Waals surface area contributed by atoms with Gasteiger partial charge in [0.2, 0.25) is 0 Å². The molecule has 2 fully saturated rings. The first kappa shape index (κ1) is 17.0. The summed E-state index contributed by atoms with van der Waals surface area (Å²) in [7, 11) is 0. The molecule has 23 heavy (non-hydrogen) atoms. The maximum absolute atomic E-state index is 10.3. The number of rotatable bonds is 5. The number of aliphatic hydroxyl groups excluding tert-OH is 1. The summed E-state index contributed by atoms with van der Waals surface area (Å²) in [4.78, 5) is 7.00. The van der Waals surface area contributed by atoms with Crippen molar-refractivity contribution in [3.63, 3.8) is 0 Å². The van der Waals surface area contributed by atoms with Gasteiger partial charge in [0.05, 0.1) is 19.3 Å². The van der Waals surface area contributed by atoms with Gasteiger partial charge in [0.1, 0.15) is 0 Å². The molecule has 0 bridgehead atoms. The molecule has 128 valence electrons. The number of aliphatic hydroxyl groups is 1. The number of nitrogens with zero attached hydrogens (tertiary/aromatic N) is 3. The fourth-order valence-electron chi connectivity index (χ4n) is 3.30. The van der Waals surface area contributed by atoms with Gasteiger partial charge in [-0.05, 0) is 18.2 Å². The average molecular weight is 340 g/mol. The SMILES string of the molecule is OC(CN1CCOCC1)CN1CCN(c2cccc(Cl)c2)CC1. The maximum Gasteiger partial charge on any atom is 0.0793 e. The topological polar surface area (TPSA) is 39.2 Å². The lowest BCUT2D eigenvalue weighted by Gasteiger charge is -2.37. The van der Waals surface area contributed by atoms with Gasteiger partial charge in [0.25, 0.3) is 0 Å². The first-order chi connectivity index (χ1) is 11.2. The Morgan fingerprint density at radius 1 is 1.00 bits per heavy atom. The summed E-state index contributed by atoms with van der Waals surface area (Å²) in [5.41, 5.74) is 1.19. The van der Waals surface area contributed by atoms with Gasteiger partial charge in [0, 0.05) is 63.1 Å². The van der Waals surface area contributed by atoms with Crippen LogP contribution in [-0.4, -0.2) is 86.6 Å². The van der Waals surface area contributed by atoms with E-state index in [0.717, 1.165) is 70.6 Å². The molecule has 1 unspecified atom stereocenters. The van der Waals surface area contributed by atoms with Crippen LogP contribution in [0.1, 0.15) is 0 Å². The van der Waals surface area contributed by atoms with Crippen molar-refractivity contribution in [1.29, 1.82) is 0 Å². The predicted octanol–water partition coefficient (Wildman–Crippen LogP) is 1.16. The van der Waals surface area contributed by atoms with Crippen LogP contribution in [0.25, 0.3) is 0 Å². The Bertz CT molecular complexity index is 488. The molecule has 2 aliphatic rings. The Hall–Kier alpha value is -0.850. The molecule has 1 aromatic rings. The fraction of sp³-hybridized carbons (Fsp3) is 0.647. The van der Waals surface area contributed by atoms with Gasteiger partial charge in [-0.3, -0.25) is 9.80 Å². The number of benzene rings is 1. The molecule has 0 radical (unpaired) electrons. The zero-order valence-electron chi connectivity index (χ0n) is 13.5. The number of ether oxygens (including phenoxy) is 1. The van der Waals surface area contributed by atoms with Crippen LogP contribution >= 0.6 is 11.6 Å². The lowest BCUT2D eigenvalue weighted by Crippen LogP contribution is -2.50. The molecule has 2 saturated heterocycles. The van der Waals surface area contributed by atoms with Crippen molar-refractivity contribution in [2.75, 3.05) is 70.5 Å². The van der Waals surface area contributed by atoms with E-state index in [4.69, 9.17) is 16.3 Å². The smallest absolute Gasteiger partial charge is 0.0793 e. The molecule has 1 N–H and O–H groups in total. The molecule has 5 nitrogen and oxygen atoms in total. The van der Waals surface area contributed by atoms with Crippen LogP contribution in [0.3, 0.4) is 0 Å². The van der Waals surface area contributed by atoms with Gasteiger partial charge in [-0.25, -0.2) is 0 Å². The minimum Gasteiger partial charge on any atom is -0.390 e. The van der Waals surface area contributed by atoms with E-state index in [1.54, 1.807) is 0 Å². The van der Waals surface area contributed by atoms with Gasteiger partial charge in [-0.2, -0.15) is 0 Å². The van der Waals surface area contributed by atoms with E-state index >= 15 is 0 Å². The number of hydrogen-bond acceptors (Lipinski definition) is 5. The highest BCUT2D eigenvalue weighted by molar-refractivity contribution is 6.30. The van der Waals surface area contributed by atoms with Gasteiger partial charge < -0.3 is 14.7 Å². The zero-order valence-corrected chi connectivity index (χ0v) is 14.3. The highest BCUT2D eigenvalue weighted by atomic mass is 35.5. The number of piperazine rings is 1. The van der Waals surface area contributed by atoms with Crippen LogP contribution in [0.15, 0.2) is 24.3 Å². The van der Waals surface area contributed by atoms with E-state index in [1.165, 1.54) is 5.69 Å². The summed E-state index contributed by atoms with van der Waals surface area (Å²) in [6, 6.07) is 8.03. The maximum atomic E-state index is 10.3. The third-order valence-corrected chi connectivity index (χ3v) is 4.82. The molecule has 0 saturated carbocycles. The average Bonchev–Trinajstić information content (AvgIpc) is 2.56. The van der Waals surface area contributed by atoms with Crippen LogP contribution in [0.4, 0.5) is 5.69 Å². The van der Waals surface area contributed by atoms with E-state index in [9.17, 15) is 5.11 Å². The molecule has 6 heteroatoms. The van der Waals surface area contributed by atoms with Crippen LogP contribution in [0, 0.1) is 0 Å².